The average molecular weight is 233 g/mol. The Labute approximate surface area is 95.4 Å². The zero-order valence-electron chi connectivity index (χ0n) is 9.38. The third kappa shape index (κ3) is 2.80. The summed E-state index contributed by atoms with van der Waals surface area (Å²) in [6.07, 6.45) is 0.566. The van der Waals surface area contributed by atoms with E-state index in [2.05, 4.69) is 13.5 Å². The van der Waals surface area contributed by atoms with Crippen LogP contribution in [0.3, 0.4) is 0 Å². The Bertz CT molecular complexity index is 277. The zero-order chi connectivity index (χ0) is 11.6. The molecule has 1 aliphatic heterocycles. The molecule has 0 aromatic rings. The van der Waals surface area contributed by atoms with Gasteiger partial charge in [-0.25, -0.2) is 0 Å². The molecule has 86 valence electrons. The lowest BCUT2D eigenvalue weighted by Crippen LogP contribution is -2.46. The Morgan fingerprint density at radius 1 is 1.73 bits per heavy atom. The monoisotopic (exact) mass is 232 g/mol. The second kappa shape index (κ2) is 4.64. The fraction of sp³-hybridized carbons (Fsp3) is 0.727. The van der Waals surface area contributed by atoms with Crippen LogP contribution in [0.1, 0.15) is 26.7 Å². The van der Waals surface area contributed by atoms with E-state index in [-0.39, 0.29) is 18.4 Å². The molecule has 0 N–H and O–H groups in total. The molecule has 1 saturated heterocycles. The summed E-state index contributed by atoms with van der Waals surface area (Å²) in [5.41, 5.74) is 1.04. The Morgan fingerprint density at radius 2 is 2.33 bits per heavy atom. The fourth-order valence-corrected chi connectivity index (χ4v) is 2.03. The normalized spacial score (nSPS) is 36.7. The van der Waals surface area contributed by atoms with Crippen molar-refractivity contribution in [2.24, 2.45) is 5.92 Å². The van der Waals surface area contributed by atoms with Crippen molar-refractivity contribution in [1.29, 1.82) is 0 Å². The van der Waals surface area contributed by atoms with Gasteiger partial charge in [-0.05, 0) is 18.5 Å². The van der Waals surface area contributed by atoms with Crippen molar-refractivity contribution in [3.63, 3.8) is 0 Å². The first-order chi connectivity index (χ1) is 6.90. The summed E-state index contributed by atoms with van der Waals surface area (Å²) < 4.78 is 11.0. The minimum Gasteiger partial charge on any atom is -0.352 e. The van der Waals surface area contributed by atoms with Crippen LogP contribution in [0.15, 0.2) is 12.2 Å². The molecule has 4 heteroatoms. The molecule has 0 spiro atoms. The summed E-state index contributed by atoms with van der Waals surface area (Å²) in [4.78, 5) is 10.9. The molecular weight excluding hydrogens is 216 g/mol. The van der Waals surface area contributed by atoms with Gasteiger partial charge in [0.05, 0.1) is 12.5 Å². The molecule has 1 aliphatic rings. The van der Waals surface area contributed by atoms with E-state index >= 15 is 0 Å². The summed E-state index contributed by atoms with van der Waals surface area (Å²) in [6.45, 7) is 7.98. The Kier molecular flexibility index (Phi) is 3.93. The SMILES string of the molecule is C=C1C[C@@](CC(=O)Cl)(OC)O[C@H](C)[C@@H]1C. The van der Waals surface area contributed by atoms with Gasteiger partial charge in [-0.1, -0.05) is 19.1 Å². The van der Waals surface area contributed by atoms with Gasteiger partial charge in [0.2, 0.25) is 5.24 Å². The topological polar surface area (TPSA) is 35.5 Å². The van der Waals surface area contributed by atoms with Crippen molar-refractivity contribution in [3.8, 4) is 0 Å². The molecule has 0 bridgehead atoms. The Morgan fingerprint density at radius 3 is 2.73 bits per heavy atom. The number of methoxy groups -OCH3 is 1. The van der Waals surface area contributed by atoms with E-state index in [1.54, 1.807) is 0 Å². The van der Waals surface area contributed by atoms with Crippen LogP contribution in [0.2, 0.25) is 0 Å². The van der Waals surface area contributed by atoms with E-state index in [1.165, 1.54) is 7.11 Å². The highest BCUT2D eigenvalue weighted by molar-refractivity contribution is 6.63. The van der Waals surface area contributed by atoms with E-state index in [1.807, 2.05) is 6.92 Å². The molecule has 0 aliphatic carbocycles. The van der Waals surface area contributed by atoms with Crippen LogP contribution in [-0.2, 0) is 14.3 Å². The third-order valence-electron chi connectivity index (χ3n) is 3.03. The molecule has 0 saturated carbocycles. The molecule has 0 radical (unpaired) electrons. The van der Waals surface area contributed by atoms with Gasteiger partial charge >= 0.3 is 0 Å². The van der Waals surface area contributed by atoms with Gasteiger partial charge in [0.1, 0.15) is 0 Å². The van der Waals surface area contributed by atoms with Gasteiger partial charge in [0, 0.05) is 19.4 Å². The second-order valence-electron chi connectivity index (χ2n) is 4.09. The first kappa shape index (κ1) is 12.7. The zero-order valence-corrected chi connectivity index (χ0v) is 10.1. The van der Waals surface area contributed by atoms with Crippen molar-refractivity contribution in [2.75, 3.05) is 7.11 Å². The van der Waals surface area contributed by atoms with Gasteiger partial charge in [-0.2, -0.15) is 0 Å². The van der Waals surface area contributed by atoms with Crippen molar-refractivity contribution in [1.82, 2.24) is 0 Å². The second-order valence-corrected chi connectivity index (χ2v) is 4.51. The maximum Gasteiger partial charge on any atom is 0.227 e. The smallest absolute Gasteiger partial charge is 0.227 e. The predicted molar refractivity (Wildman–Crippen MR) is 58.7 cm³/mol. The lowest BCUT2D eigenvalue weighted by atomic mass is 9.87. The Hall–Kier alpha value is -0.380. The highest BCUT2D eigenvalue weighted by Crippen LogP contribution is 2.38. The molecule has 1 fully saturated rings. The van der Waals surface area contributed by atoms with Crippen molar-refractivity contribution >= 4 is 16.8 Å². The minimum absolute atomic E-state index is 0.0118. The molecule has 0 amide bonds. The summed E-state index contributed by atoms with van der Waals surface area (Å²) >= 11 is 5.38. The van der Waals surface area contributed by atoms with Crippen LogP contribution in [0.4, 0.5) is 0 Å². The summed E-state index contributed by atoms with van der Waals surface area (Å²) in [7, 11) is 1.52. The maximum absolute atomic E-state index is 10.9. The Balaban J connectivity index is 2.83. The van der Waals surface area contributed by atoms with Crippen LogP contribution in [0.5, 0.6) is 0 Å². The van der Waals surface area contributed by atoms with E-state index in [0.29, 0.717) is 6.42 Å². The molecule has 1 rings (SSSR count). The number of halogens is 1. The van der Waals surface area contributed by atoms with Crippen LogP contribution >= 0.6 is 11.6 Å². The molecule has 15 heavy (non-hydrogen) atoms. The van der Waals surface area contributed by atoms with Crippen LogP contribution < -0.4 is 0 Å². The van der Waals surface area contributed by atoms with Gasteiger partial charge in [0.25, 0.3) is 0 Å². The van der Waals surface area contributed by atoms with Crippen LogP contribution in [0, 0.1) is 5.92 Å². The average Bonchev–Trinajstić information content (AvgIpc) is 2.13. The molecule has 0 aromatic heterocycles. The molecule has 3 atom stereocenters. The van der Waals surface area contributed by atoms with Crippen LogP contribution in [-0.4, -0.2) is 24.2 Å². The summed E-state index contributed by atoms with van der Waals surface area (Å²) in [6, 6.07) is 0. The molecule has 3 nitrogen and oxygen atoms in total. The number of hydrogen-bond acceptors (Lipinski definition) is 3. The number of rotatable bonds is 3. The number of carbonyl (C=O) groups excluding carboxylic acids is 1. The van der Waals surface area contributed by atoms with Gasteiger partial charge in [0.15, 0.2) is 5.79 Å². The van der Waals surface area contributed by atoms with Gasteiger partial charge in [-0.3, -0.25) is 4.79 Å². The highest BCUT2D eigenvalue weighted by atomic mass is 35.5. The largest absolute Gasteiger partial charge is 0.352 e. The first-order valence-electron chi connectivity index (χ1n) is 4.99. The van der Waals surface area contributed by atoms with Gasteiger partial charge < -0.3 is 9.47 Å². The molecular formula is C11H17ClO3. The molecule has 0 unspecified atom stereocenters. The minimum atomic E-state index is -0.915. The van der Waals surface area contributed by atoms with Crippen molar-refractivity contribution < 1.29 is 14.3 Å². The van der Waals surface area contributed by atoms with E-state index in [9.17, 15) is 4.79 Å². The predicted octanol–water partition coefficient (Wildman–Crippen LogP) is 2.49. The number of hydrogen-bond donors (Lipinski definition) is 0. The molecule has 1 heterocycles. The number of carbonyl (C=O) groups is 1. The van der Waals surface area contributed by atoms with Gasteiger partial charge in [-0.15, -0.1) is 0 Å². The van der Waals surface area contributed by atoms with Crippen LogP contribution in [0.25, 0.3) is 0 Å². The van der Waals surface area contributed by atoms with E-state index < -0.39 is 11.0 Å². The summed E-state index contributed by atoms with van der Waals surface area (Å²) in [5, 5.41) is -0.452. The summed E-state index contributed by atoms with van der Waals surface area (Å²) in [5.74, 6) is -0.638. The molecule has 0 aromatic carbocycles. The van der Waals surface area contributed by atoms with Crippen molar-refractivity contribution in [2.45, 2.75) is 38.6 Å². The third-order valence-corrected chi connectivity index (χ3v) is 3.16. The first-order valence-corrected chi connectivity index (χ1v) is 5.37. The standard InChI is InChI=1S/C11H17ClO3/c1-7-5-11(14-4,6-10(12)13)15-9(3)8(7)2/h8-9H,1,5-6H2,2-4H3/t8-,9-,11-/m1/s1. The maximum atomic E-state index is 10.9. The lowest BCUT2D eigenvalue weighted by molar-refractivity contribution is -0.261. The highest BCUT2D eigenvalue weighted by Gasteiger charge is 2.42. The van der Waals surface area contributed by atoms with E-state index in [0.717, 1.165) is 5.57 Å². The lowest BCUT2D eigenvalue weighted by Gasteiger charge is -2.42. The van der Waals surface area contributed by atoms with E-state index in [4.69, 9.17) is 21.1 Å². The fourth-order valence-electron chi connectivity index (χ4n) is 1.83. The van der Waals surface area contributed by atoms with Crippen molar-refractivity contribution in [3.05, 3.63) is 12.2 Å². The number of ether oxygens (including phenoxy) is 2. The quantitative estimate of drug-likeness (QED) is 0.554.